The Morgan fingerprint density at radius 3 is 2.26 bits per heavy atom. The second-order valence-electron chi connectivity index (χ2n) is 15.0. The summed E-state index contributed by atoms with van der Waals surface area (Å²) in [5.74, 6) is 1.13. The van der Waals surface area contributed by atoms with E-state index in [0.717, 1.165) is 78.5 Å². The van der Waals surface area contributed by atoms with Gasteiger partial charge < -0.3 is 23.7 Å². The lowest BCUT2D eigenvalue weighted by atomic mass is 10.2. The molecule has 0 radical (unpaired) electrons. The van der Waals surface area contributed by atoms with Crippen LogP contribution in [-0.2, 0) is 13.5 Å². The minimum Gasteiger partial charge on any atom is -0.352 e. The molecule has 3 rings (SSSR count). The van der Waals surface area contributed by atoms with Crippen LogP contribution in [0.2, 0.25) is 0 Å². The highest BCUT2D eigenvalue weighted by molar-refractivity contribution is 8.03. The number of quaternary nitrogens is 3. The normalized spacial score (nSPS) is 14.9. The van der Waals surface area contributed by atoms with Crippen LogP contribution in [0.25, 0.3) is 6.08 Å². The van der Waals surface area contributed by atoms with Crippen molar-refractivity contribution in [1.29, 1.82) is 0 Å². The van der Waals surface area contributed by atoms with Gasteiger partial charge in [-0.05, 0) is 42.9 Å². The Labute approximate surface area is 266 Å². The van der Waals surface area contributed by atoms with E-state index in [1.807, 2.05) is 12.1 Å². The molecule has 1 aliphatic rings. The first-order chi connectivity index (χ1) is 19.9. The standard InChI is InChI=1S/C34H58N7OS/c1-27-24-29(36-32(37(27)2)16-12-13-20-39(4,5)6)26-33-38(3)30-18-17-28(25-31(30)43-33)34(42)35-19-14-22-41(10,11)23-15-21-40(7,8)9/h17-18,24-26H,12-16,19-23H2,1-11H3/q+3/p+1. The fraction of sp³-hybridized carbons (Fsp3) is 0.618. The summed E-state index contributed by atoms with van der Waals surface area (Å²) >= 11 is 1.71. The number of nitrogens with one attached hydrogen (secondary N) is 1. The van der Waals surface area contributed by atoms with Crippen LogP contribution in [0.15, 0.2) is 34.2 Å². The smallest absolute Gasteiger partial charge is 0.299 e. The highest BCUT2D eigenvalue weighted by Gasteiger charge is 2.25. The maximum absolute atomic E-state index is 13.0. The van der Waals surface area contributed by atoms with Crippen molar-refractivity contribution < 1.29 is 22.8 Å². The molecule has 1 aromatic carbocycles. The first-order valence-electron chi connectivity index (χ1n) is 15.8. The van der Waals surface area contributed by atoms with Crippen molar-refractivity contribution in [1.82, 2.24) is 10.3 Å². The van der Waals surface area contributed by atoms with E-state index in [-0.39, 0.29) is 5.91 Å². The molecule has 1 amide bonds. The molecule has 43 heavy (non-hydrogen) atoms. The van der Waals surface area contributed by atoms with E-state index >= 15 is 0 Å². The molecule has 9 heteroatoms. The Bertz CT molecular complexity index is 1290. The number of rotatable bonds is 15. The molecule has 0 saturated carbocycles. The number of unbranched alkanes of at least 4 members (excludes halogenated alkanes) is 1. The van der Waals surface area contributed by atoms with Gasteiger partial charge in [-0.3, -0.25) is 4.79 Å². The van der Waals surface area contributed by atoms with Gasteiger partial charge in [0.25, 0.3) is 11.7 Å². The number of hydrogen-bond acceptors (Lipinski definition) is 4. The number of nitrogens with zero attached hydrogens (tertiary/aromatic N) is 6. The summed E-state index contributed by atoms with van der Waals surface area (Å²) in [6.07, 6.45) is 7.65. The number of benzene rings is 1. The van der Waals surface area contributed by atoms with Crippen molar-refractivity contribution in [3.63, 3.8) is 0 Å². The zero-order valence-corrected chi connectivity index (χ0v) is 29.8. The van der Waals surface area contributed by atoms with E-state index in [1.165, 1.54) is 31.6 Å². The molecule has 0 atom stereocenters. The summed E-state index contributed by atoms with van der Waals surface area (Å²) in [5.41, 5.74) is 4.03. The third-order valence-electron chi connectivity index (χ3n) is 8.23. The second-order valence-corrected chi connectivity index (χ2v) is 16.0. The van der Waals surface area contributed by atoms with Crippen molar-refractivity contribution in [3.05, 3.63) is 52.1 Å². The van der Waals surface area contributed by atoms with Gasteiger partial charge >= 0.3 is 0 Å². The third-order valence-corrected chi connectivity index (χ3v) is 9.38. The molecule has 238 valence electrons. The lowest BCUT2D eigenvalue weighted by molar-refractivity contribution is -0.902. The first-order valence-corrected chi connectivity index (χ1v) is 16.6. The van der Waals surface area contributed by atoms with Crippen molar-refractivity contribution in [2.75, 3.05) is 101 Å². The number of aromatic nitrogens is 2. The van der Waals surface area contributed by atoms with Gasteiger partial charge in [-0.1, -0.05) is 11.8 Å². The Kier molecular flexibility index (Phi) is 11.8. The molecule has 2 heterocycles. The fourth-order valence-electron chi connectivity index (χ4n) is 5.40. The molecule has 0 fully saturated rings. The van der Waals surface area contributed by atoms with Crippen LogP contribution in [0, 0.1) is 6.92 Å². The van der Waals surface area contributed by atoms with Gasteiger partial charge in [0.2, 0.25) is 0 Å². The van der Waals surface area contributed by atoms with Crippen LogP contribution in [0.5, 0.6) is 0 Å². The molecular formula is C34H59N7OS+4. The summed E-state index contributed by atoms with van der Waals surface area (Å²) in [6.45, 7) is 7.40. The summed E-state index contributed by atoms with van der Waals surface area (Å²) in [6, 6.07) is 8.19. The van der Waals surface area contributed by atoms with Crippen LogP contribution in [-0.4, -0.2) is 120 Å². The van der Waals surface area contributed by atoms with E-state index < -0.39 is 0 Å². The lowest BCUT2D eigenvalue weighted by Gasteiger charge is -2.31. The van der Waals surface area contributed by atoms with Crippen molar-refractivity contribution >= 4 is 29.4 Å². The van der Waals surface area contributed by atoms with E-state index in [9.17, 15) is 4.79 Å². The van der Waals surface area contributed by atoms with Crippen molar-refractivity contribution in [2.45, 2.75) is 43.9 Å². The van der Waals surface area contributed by atoms with E-state index in [2.05, 4.69) is 110 Å². The van der Waals surface area contributed by atoms with Gasteiger partial charge in [-0.2, -0.15) is 0 Å². The number of anilines is 1. The highest BCUT2D eigenvalue weighted by Crippen LogP contribution is 2.46. The fourth-order valence-corrected chi connectivity index (χ4v) is 6.54. The van der Waals surface area contributed by atoms with Crippen LogP contribution in [0.3, 0.4) is 0 Å². The zero-order valence-electron chi connectivity index (χ0n) is 29.0. The van der Waals surface area contributed by atoms with Crippen LogP contribution in [0.4, 0.5) is 5.69 Å². The molecular weight excluding hydrogens is 554 g/mol. The number of hydrogen-bond donors (Lipinski definition) is 1. The second kappa shape index (κ2) is 14.5. The lowest BCUT2D eigenvalue weighted by Crippen LogP contribution is -2.45. The zero-order chi connectivity index (χ0) is 32.0. The molecule has 1 N–H and O–H groups in total. The highest BCUT2D eigenvalue weighted by atomic mass is 32.2. The number of carbonyl (C=O) groups excluding carboxylic acids is 1. The average molecular weight is 614 g/mol. The number of fused-ring (bicyclic) bond motifs is 1. The number of amides is 1. The summed E-state index contributed by atoms with van der Waals surface area (Å²) in [7, 11) is 22.3. The number of aryl methyl sites for hydroxylation is 2. The largest absolute Gasteiger partial charge is 0.352 e. The maximum Gasteiger partial charge on any atom is 0.299 e. The van der Waals surface area contributed by atoms with Gasteiger partial charge in [0.1, 0.15) is 5.69 Å². The average Bonchev–Trinajstić information content (AvgIpc) is 3.19. The minimum absolute atomic E-state index is 0.00146. The summed E-state index contributed by atoms with van der Waals surface area (Å²) < 4.78 is 5.19. The Balaban J connectivity index is 1.58. The maximum atomic E-state index is 13.0. The molecule has 0 spiro atoms. The van der Waals surface area contributed by atoms with Crippen LogP contribution >= 0.6 is 11.8 Å². The monoisotopic (exact) mass is 613 g/mol. The van der Waals surface area contributed by atoms with Crippen LogP contribution < -0.4 is 14.8 Å². The molecule has 0 aliphatic carbocycles. The topological polar surface area (TPSA) is 49.1 Å². The molecule has 8 nitrogen and oxygen atoms in total. The van der Waals surface area contributed by atoms with Gasteiger partial charge in [-0.15, -0.1) is 0 Å². The first kappa shape index (κ1) is 35.0. The number of carbonyl (C=O) groups is 1. The van der Waals surface area contributed by atoms with Crippen LogP contribution in [0.1, 0.15) is 53.3 Å². The summed E-state index contributed by atoms with van der Waals surface area (Å²) in [4.78, 5) is 21.3. The van der Waals surface area contributed by atoms with E-state index in [0.29, 0.717) is 6.54 Å². The molecule has 0 unspecified atom stereocenters. The molecule has 1 aliphatic heterocycles. The molecule has 1 aromatic heterocycles. The molecule has 0 bridgehead atoms. The Morgan fingerprint density at radius 1 is 0.930 bits per heavy atom. The molecule has 0 saturated heterocycles. The van der Waals surface area contributed by atoms with Gasteiger partial charge in [-0.25, -0.2) is 4.57 Å². The van der Waals surface area contributed by atoms with Crippen molar-refractivity contribution in [3.8, 4) is 0 Å². The Morgan fingerprint density at radius 2 is 1.58 bits per heavy atom. The molecule has 2 aromatic rings. The number of thioether (sulfide) groups is 1. The van der Waals surface area contributed by atoms with Crippen molar-refractivity contribution in [2.24, 2.45) is 7.05 Å². The SMILES string of the molecule is Cc1cc(/C=C2/Sc3cc(C(=O)NCCC[N+](C)(C)CCC[N+](C)(C)C)ccc3N2C)nc(CCCC[N+](C)(C)C)[n+]1C. The third kappa shape index (κ3) is 11.2. The minimum atomic E-state index is 0.00146. The predicted octanol–water partition coefficient (Wildman–Crippen LogP) is 4.08. The Hall–Kier alpha value is -2.46. The quantitative estimate of drug-likeness (QED) is 0.187. The van der Waals surface area contributed by atoms with Gasteiger partial charge in [0.05, 0.1) is 107 Å². The van der Waals surface area contributed by atoms with E-state index in [1.54, 1.807) is 11.8 Å². The van der Waals surface area contributed by atoms with Gasteiger partial charge in [0, 0.05) is 49.0 Å². The predicted molar refractivity (Wildman–Crippen MR) is 181 cm³/mol. The van der Waals surface area contributed by atoms with Gasteiger partial charge in [0.15, 0.2) is 5.69 Å². The summed E-state index contributed by atoms with van der Waals surface area (Å²) in [5, 5.41) is 4.27. The van der Waals surface area contributed by atoms with E-state index in [4.69, 9.17) is 4.98 Å².